The van der Waals surface area contributed by atoms with Crippen molar-refractivity contribution < 1.29 is 4.79 Å². The van der Waals surface area contributed by atoms with Crippen LogP contribution in [0.2, 0.25) is 0 Å². The normalized spacial score (nSPS) is 17.2. The molecule has 0 aromatic carbocycles. The maximum absolute atomic E-state index is 12.4. The summed E-state index contributed by atoms with van der Waals surface area (Å²) in [5.41, 5.74) is 2.06. The van der Waals surface area contributed by atoms with Gasteiger partial charge >= 0.3 is 0 Å². The van der Waals surface area contributed by atoms with Crippen LogP contribution in [0.1, 0.15) is 24.2 Å². The molecule has 6 heteroatoms. The zero-order valence-corrected chi connectivity index (χ0v) is 13.7. The molecular weight excluding hydrogens is 290 g/mol. The molecule has 1 aliphatic rings. The molecule has 1 fully saturated rings. The van der Waals surface area contributed by atoms with Crippen LogP contribution in [0.25, 0.3) is 0 Å². The Balaban J connectivity index is 1.53. The number of nitrogens with zero attached hydrogens (tertiary/aromatic N) is 5. The fourth-order valence-corrected chi connectivity index (χ4v) is 3.02. The summed E-state index contributed by atoms with van der Waals surface area (Å²) in [6.07, 6.45) is 5.93. The number of carbonyl (C=O) groups excluding carboxylic acids is 1. The zero-order chi connectivity index (χ0) is 16.2. The Kier molecular flexibility index (Phi) is 4.71. The van der Waals surface area contributed by atoms with Crippen LogP contribution in [-0.4, -0.2) is 56.7 Å². The molecule has 2 aromatic rings. The molecule has 23 heavy (non-hydrogen) atoms. The van der Waals surface area contributed by atoms with E-state index in [2.05, 4.69) is 28.0 Å². The Hall–Kier alpha value is -2.21. The Morgan fingerprint density at radius 1 is 1.26 bits per heavy atom. The molecule has 122 valence electrons. The highest BCUT2D eigenvalue weighted by atomic mass is 16.2. The summed E-state index contributed by atoms with van der Waals surface area (Å²) in [5.74, 6) is 0.183. The van der Waals surface area contributed by atoms with Gasteiger partial charge in [0.1, 0.15) is 0 Å². The molecule has 1 unspecified atom stereocenters. The molecule has 1 saturated heterocycles. The van der Waals surface area contributed by atoms with Crippen molar-refractivity contribution in [2.24, 2.45) is 7.05 Å². The minimum Gasteiger partial charge on any atom is -0.340 e. The monoisotopic (exact) mass is 313 g/mol. The highest BCUT2D eigenvalue weighted by Crippen LogP contribution is 2.19. The van der Waals surface area contributed by atoms with Gasteiger partial charge in [0.25, 0.3) is 0 Å². The fourth-order valence-electron chi connectivity index (χ4n) is 3.02. The summed E-state index contributed by atoms with van der Waals surface area (Å²) in [4.78, 5) is 21.2. The average molecular weight is 313 g/mol. The SMILES string of the molecule is CC(c1ccccn1)N1CCN(C(=O)Cc2cnn(C)c2)CC1. The van der Waals surface area contributed by atoms with Gasteiger partial charge in [0.2, 0.25) is 5.91 Å². The number of rotatable bonds is 4. The van der Waals surface area contributed by atoms with Crippen molar-refractivity contribution in [3.8, 4) is 0 Å². The first-order valence-electron chi connectivity index (χ1n) is 8.04. The molecule has 0 radical (unpaired) electrons. The maximum atomic E-state index is 12.4. The summed E-state index contributed by atoms with van der Waals surface area (Å²) < 4.78 is 1.73. The Morgan fingerprint density at radius 2 is 2.04 bits per heavy atom. The Morgan fingerprint density at radius 3 is 2.65 bits per heavy atom. The number of hydrogen-bond donors (Lipinski definition) is 0. The maximum Gasteiger partial charge on any atom is 0.227 e. The van der Waals surface area contributed by atoms with Crippen LogP contribution in [0, 0.1) is 0 Å². The molecule has 0 bridgehead atoms. The first kappa shape index (κ1) is 15.7. The number of piperazine rings is 1. The zero-order valence-electron chi connectivity index (χ0n) is 13.7. The molecule has 1 aliphatic heterocycles. The molecule has 0 saturated carbocycles. The number of amides is 1. The van der Waals surface area contributed by atoms with E-state index in [1.54, 1.807) is 10.9 Å². The van der Waals surface area contributed by atoms with Gasteiger partial charge in [0.05, 0.1) is 18.3 Å². The van der Waals surface area contributed by atoms with Crippen LogP contribution < -0.4 is 0 Å². The first-order valence-corrected chi connectivity index (χ1v) is 8.04. The minimum atomic E-state index is 0.183. The van der Waals surface area contributed by atoms with Gasteiger partial charge in [-0.1, -0.05) is 6.07 Å². The van der Waals surface area contributed by atoms with E-state index in [4.69, 9.17) is 0 Å². The van der Waals surface area contributed by atoms with Gasteiger partial charge in [0, 0.05) is 51.7 Å². The van der Waals surface area contributed by atoms with Gasteiger partial charge in [-0.2, -0.15) is 5.10 Å². The minimum absolute atomic E-state index is 0.183. The lowest BCUT2D eigenvalue weighted by atomic mass is 10.1. The first-order chi connectivity index (χ1) is 11.1. The van der Waals surface area contributed by atoms with Gasteiger partial charge in [-0.3, -0.25) is 19.4 Å². The predicted octanol–water partition coefficient (Wildman–Crippen LogP) is 1.26. The lowest BCUT2D eigenvalue weighted by Gasteiger charge is -2.37. The van der Waals surface area contributed by atoms with Crippen molar-refractivity contribution in [1.82, 2.24) is 24.6 Å². The number of hydrogen-bond acceptors (Lipinski definition) is 4. The third kappa shape index (κ3) is 3.76. The van der Waals surface area contributed by atoms with Crippen molar-refractivity contribution >= 4 is 5.91 Å². The van der Waals surface area contributed by atoms with Gasteiger partial charge in [-0.15, -0.1) is 0 Å². The van der Waals surface area contributed by atoms with Gasteiger partial charge in [0.15, 0.2) is 0 Å². The van der Waals surface area contributed by atoms with E-state index in [9.17, 15) is 4.79 Å². The summed E-state index contributed by atoms with van der Waals surface area (Å²) in [7, 11) is 1.87. The van der Waals surface area contributed by atoms with Crippen molar-refractivity contribution in [2.75, 3.05) is 26.2 Å². The molecule has 0 aliphatic carbocycles. The van der Waals surface area contributed by atoms with Crippen LogP contribution in [0.3, 0.4) is 0 Å². The van der Waals surface area contributed by atoms with E-state index in [1.165, 1.54) is 0 Å². The van der Waals surface area contributed by atoms with E-state index in [0.29, 0.717) is 6.42 Å². The van der Waals surface area contributed by atoms with Gasteiger partial charge < -0.3 is 4.90 Å². The number of aryl methyl sites for hydroxylation is 1. The molecule has 6 nitrogen and oxygen atoms in total. The summed E-state index contributed by atoms with van der Waals surface area (Å²) in [6.45, 7) is 5.50. The average Bonchev–Trinajstić information content (AvgIpc) is 3.00. The van der Waals surface area contributed by atoms with Crippen LogP contribution in [0.5, 0.6) is 0 Å². The van der Waals surface area contributed by atoms with E-state index < -0.39 is 0 Å². The molecule has 3 heterocycles. The van der Waals surface area contributed by atoms with Gasteiger partial charge in [-0.05, 0) is 24.6 Å². The molecular formula is C17H23N5O. The second kappa shape index (κ2) is 6.91. The molecule has 0 N–H and O–H groups in total. The Bertz CT molecular complexity index is 646. The molecule has 2 aromatic heterocycles. The number of aromatic nitrogens is 3. The van der Waals surface area contributed by atoms with Crippen LogP contribution in [-0.2, 0) is 18.3 Å². The Labute approximate surface area is 136 Å². The van der Waals surface area contributed by atoms with E-state index in [1.807, 2.05) is 36.5 Å². The third-order valence-corrected chi connectivity index (χ3v) is 4.44. The molecule has 0 spiro atoms. The van der Waals surface area contributed by atoms with Crippen LogP contribution in [0.4, 0.5) is 0 Å². The molecule has 1 amide bonds. The van der Waals surface area contributed by atoms with Crippen molar-refractivity contribution in [1.29, 1.82) is 0 Å². The highest BCUT2D eigenvalue weighted by molar-refractivity contribution is 5.78. The smallest absolute Gasteiger partial charge is 0.227 e. The van der Waals surface area contributed by atoms with E-state index in [-0.39, 0.29) is 11.9 Å². The third-order valence-electron chi connectivity index (χ3n) is 4.44. The number of pyridine rings is 1. The summed E-state index contributed by atoms with van der Waals surface area (Å²) in [5, 5.41) is 4.11. The lowest BCUT2D eigenvalue weighted by Crippen LogP contribution is -2.49. The van der Waals surface area contributed by atoms with Crippen molar-refractivity contribution in [3.05, 3.63) is 48.0 Å². The van der Waals surface area contributed by atoms with E-state index in [0.717, 1.165) is 37.4 Å². The van der Waals surface area contributed by atoms with Crippen LogP contribution in [0.15, 0.2) is 36.8 Å². The topological polar surface area (TPSA) is 54.3 Å². The summed E-state index contributed by atoms with van der Waals surface area (Å²) in [6, 6.07) is 6.30. The second-order valence-corrected chi connectivity index (χ2v) is 6.05. The molecule has 3 rings (SSSR count). The second-order valence-electron chi connectivity index (χ2n) is 6.05. The number of carbonyl (C=O) groups is 1. The largest absolute Gasteiger partial charge is 0.340 e. The fraction of sp³-hybridized carbons (Fsp3) is 0.471. The van der Waals surface area contributed by atoms with E-state index >= 15 is 0 Å². The quantitative estimate of drug-likeness (QED) is 0.853. The lowest BCUT2D eigenvalue weighted by molar-refractivity contribution is -0.132. The predicted molar refractivity (Wildman–Crippen MR) is 87.7 cm³/mol. The molecule has 1 atom stereocenters. The van der Waals surface area contributed by atoms with Gasteiger partial charge in [-0.25, -0.2) is 0 Å². The van der Waals surface area contributed by atoms with Crippen molar-refractivity contribution in [2.45, 2.75) is 19.4 Å². The van der Waals surface area contributed by atoms with Crippen LogP contribution >= 0.6 is 0 Å². The highest BCUT2D eigenvalue weighted by Gasteiger charge is 2.25. The summed E-state index contributed by atoms with van der Waals surface area (Å²) >= 11 is 0. The van der Waals surface area contributed by atoms with Crippen molar-refractivity contribution in [3.63, 3.8) is 0 Å². The standard InChI is InChI=1S/C17H23N5O/c1-14(16-5-3-4-6-18-16)21-7-9-22(10-8-21)17(23)11-15-12-19-20(2)13-15/h3-6,12-14H,7-11H2,1-2H3.